The molecule has 0 amide bonds. The van der Waals surface area contributed by atoms with Crippen LogP contribution in [0.5, 0.6) is 0 Å². The maximum Gasteiger partial charge on any atom is 0.356 e. The Kier molecular flexibility index (Phi) is 5.75. The third-order valence-electron chi connectivity index (χ3n) is 2.77. The molecule has 0 fully saturated rings. The van der Waals surface area contributed by atoms with Crippen LogP contribution in [0.2, 0.25) is 5.02 Å². The van der Waals surface area contributed by atoms with Crippen LogP contribution in [0.15, 0.2) is 12.1 Å². The van der Waals surface area contributed by atoms with E-state index in [1.165, 1.54) is 0 Å². The Labute approximate surface area is 116 Å². The second kappa shape index (κ2) is 6.85. The molecule has 0 saturated carbocycles. The van der Waals surface area contributed by atoms with Gasteiger partial charge in [0.15, 0.2) is 5.69 Å². The molecular weight excluding hydrogens is 272 g/mol. The highest BCUT2D eigenvalue weighted by Gasteiger charge is 2.17. The number of nitrogens with zero attached hydrogens (tertiary/aromatic N) is 2. The summed E-state index contributed by atoms with van der Waals surface area (Å²) in [5.41, 5.74) is -0.0972. The van der Waals surface area contributed by atoms with Crippen molar-refractivity contribution in [1.82, 2.24) is 4.98 Å². The van der Waals surface area contributed by atoms with Gasteiger partial charge in [0, 0.05) is 18.8 Å². The van der Waals surface area contributed by atoms with Crippen molar-refractivity contribution >= 4 is 35.1 Å². The number of anilines is 1. The number of halogens is 1. The Hall–Kier alpha value is -0.940. The van der Waals surface area contributed by atoms with Crippen LogP contribution < -0.4 is 4.90 Å². The van der Waals surface area contributed by atoms with Crippen molar-refractivity contribution in [2.24, 2.45) is 0 Å². The maximum absolute atomic E-state index is 11.0. The fraction of sp³-hybridized carbons (Fsp3) is 0.500. The van der Waals surface area contributed by atoms with Crippen molar-refractivity contribution in [2.45, 2.75) is 19.4 Å². The zero-order valence-electron chi connectivity index (χ0n) is 10.7. The highest BCUT2D eigenvalue weighted by atomic mass is 35.5. The largest absolute Gasteiger partial charge is 0.476 e. The normalized spacial score (nSPS) is 12.2. The third kappa shape index (κ3) is 3.53. The molecule has 1 heterocycles. The van der Waals surface area contributed by atoms with Crippen LogP contribution in [0.4, 0.5) is 5.82 Å². The van der Waals surface area contributed by atoms with Gasteiger partial charge in [0.2, 0.25) is 0 Å². The van der Waals surface area contributed by atoms with Gasteiger partial charge in [0.05, 0.1) is 5.02 Å². The van der Waals surface area contributed by atoms with Gasteiger partial charge in [-0.25, -0.2) is 9.78 Å². The molecule has 1 N–H and O–H groups in total. The van der Waals surface area contributed by atoms with Gasteiger partial charge in [0.25, 0.3) is 0 Å². The topological polar surface area (TPSA) is 53.4 Å². The molecule has 1 atom stereocenters. The smallest absolute Gasteiger partial charge is 0.356 e. The Balaban J connectivity index is 3.02. The minimum absolute atomic E-state index is 0.0972. The molecule has 0 aliphatic rings. The van der Waals surface area contributed by atoms with Gasteiger partial charge in [-0.2, -0.15) is 11.8 Å². The first-order valence-corrected chi connectivity index (χ1v) is 7.40. The van der Waals surface area contributed by atoms with E-state index in [2.05, 4.69) is 18.2 Å². The van der Waals surface area contributed by atoms with E-state index in [0.29, 0.717) is 11.9 Å². The first-order chi connectivity index (χ1) is 8.51. The Bertz CT molecular complexity index is 429. The van der Waals surface area contributed by atoms with Crippen LogP contribution in [0, 0.1) is 0 Å². The number of carbonyl (C=O) groups is 1. The molecule has 6 heteroatoms. The van der Waals surface area contributed by atoms with E-state index in [0.717, 1.165) is 12.2 Å². The van der Waals surface area contributed by atoms with Crippen molar-refractivity contribution < 1.29 is 9.90 Å². The van der Waals surface area contributed by atoms with Crippen molar-refractivity contribution in [1.29, 1.82) is 0 Å². The van der Waals surface area contributed by atoms with Gasteiger partial charge >= 0.3 is 5.97 Å². The summed E-state index contributed by atoms with van der Waals surface area (Å²) in [5, 5.41) is 9.17. The zero-order valence-corrected chi connectivity index (χ0v) is 12.3. The number of thioether (sulfide) groups is 1. The lowest BCUT2D eigenvalue weighted by atomic mass is 10.2. The van der Waals surface area contributed by atoms with E-state index < -0.39 is 5.97 Å². The van der Waals surface area contributed by atoms with Crippen molar-refractivity contribution in [3.05, 3.63) is 22.8 Å². The Morgan fingerprint density at radius 3 is 2.78 bits per heavy atom. The summed E-state index contributed by atoms with van der Waals surface area (Å²) in [4.78, 5) is 17.1. The van der Waals surface area contributed by atoms with E-state index in [4.69, 9.17) is 16.7 Å². The first-order valence-electron chi connectivity index (χ1n) is 5.62. The number of hydrogen-bond acceptors (Lipinski definition) is 4. The highest BCUT2D eigenvalue weighted by molar-refractivity contribution is 7.98. The molecule has 0 bridgehead atoms. The molecule has 0 spiro atoms. The summed E-state index contributed by atoms with van der Waals surface area (Å²) in [6.45, 7) is 2.10. The van der Waals surface area contributed by atoms with Crippen LogP contribution in [-0.4, -0.2) is 41.2 Å². The van der Waals surface area contributed by atoms with Gasteiger partial charge in [0.1, 0.15) is 5.82 Å². The SMILES string of the molecule is CCC(CSC)N(C)c1ccc(Cl)c(C(=O)O)n1. The summed E-state index contributed by atoms with van der Waals surface area (Å²) in [6.07, 6.45) is 3.03. The lowest BCUT2D eigenvalue weighted by molar-refractivity contribution is 0.0691. The average Bonchev–Trinajstić information content (AvgIpc) is 2.35. The number of carboxylic acids is 1. The minimum atomic E-state index is -1.10. The Morgan fingerprint density at radius 1 is 1.61 bits per heavy atom. The van der Waals surface area contributed by atoms with Crippen LogP contribution in [0.3, 0.4) is 0 Å². The maximum atomic E-state index is 11.0. The molecule has 0 saturated heterocycles. The van der Waals surface area contributed by atoms with Crippen molar-refractivity contribution in [2.75, 3.05) is 24.0 Å². The standard InChI is InChI=1S/C12H17ClN2O2S/c1-4-8(7-18-3)15(2)10-6-5-9(13)11(14-10)12(16)17/h5-6,8H,4,7H2,1-3H3,(H,16,17). The van der Waals surface area contributed by atoms with E-state index in [1.807, 2.05) is 11.9 Å². The molecular formula is C12H17ClN2O2S. The Morgan fingerprint density at radius 2 is 2.28 bits per heavy atom. The number of pyridine rings is 1. The predicted molar refractivity (Wildman–Crippen MR) is 77.1 cm³/mol. The minimum Gasteiger partial charge on any atom is -0.476 e. The van der Waals surface area contributed by atoms with E-state index >= 15 is 0 Å². The van der Waals surface area contributed by atoms with Gasteiger partial charge in [-0.05, 0) is 24.8 Å². The summed E-state index contributed by atoms with van der Waals surface area (Å²) in [6, 6.07) is 3.66. The monoisotopic (exact) mass is 288 g/mol. The summed E-state index contributed by atoms with van der Waals surface area (Å²) < 4.78 is 0. The summed E-state index contributed by atoms with van der Waals surface area (Å²) in [5.74, 6) is 0.505. The number of aromatic carboxylic acids is 1. The fourth-order valence-corrected chi connectivity index (χ4v) is 2.69. The molecule has 100 valence electrons. The first kappa shape index (κ1) is 15.1. The third-order valence-corrected chi connectivity index (χ3v) is 3.80. The second-order valence-corrected chi connectivity index (χ2v) is 5.25. The molecule has 18 heavy (non-hydrogen) atoms. The quantitative estimate of drug-likeness (QED) is 0.872. The van der Waals surface area contributed by atoms with Gasteiger partial charge in [-0.1, -0.05) is 18.5 Å². The van der Waals surface area contributed by atoms with Crippen molar-refractivity contribution in [3.63, 3.8) is 0 Å². The molecule has 1 aromatic rings. The van der Waals surface area contributed by atoms with Gasteiger partial charge in [-0.3, -0.25) is 0 Å². The number of hydrogen-bond donors (Lipinski definition) is 1. The summed E-state index contributed by atoms with van der Waals surface area (Å²) in [7, 11) is 1.92. The van der Waals surface area contributed by atoms with Crippen LogP contribution in [0.1, 0.15) is 23.8 Å². The lowest BCUT2D eigenvalue weighted by Gasteiger charge is -2.28. The molecule has 0 aliphatic heterocycles. The predicted octanol–water partition coefficient (Wildman–Crippen LogP) is 3.01. The number of carboxylic acid groups (broad SMARTS) is 1. The molecule has 1 rings (SSSR count). The fourth-order valence-electron chi connectivity index (χ4n) is 1.66. The van der Waals surface area contributed by atoms with E-state index in [1.54, 1.807) is 23.9 Å². The van der Waals surface area contributed by atoms with Crippen LogP contribution in [-0.2, 0) is 0 Å². The van der Waals surface area contributed by atoms with Crippen LogP contribution in [0.25, 0.3) is 0 Å². The second-order valence-electron chi connectivity index (χ2n) is 3.93. The molecule has 1 aromatic heterocycles. The number of aromatic nitrogens is 1. The van der Waals surface area contributed by atoms with Crippen molar-refractivity contribution in [3.8, 4) is 0 Å². The average molecular weight is 289 g/mol. The number of rotatable bonds is 6. The molecule has 4 nitrogen and oxygen atoms in total. The van der Waals surface area contributed by atoms with E-state index in [9.17, 15) is 4.79 Å². The molecule has 0 aliphatic carbocycles. The van der Waals surface area contributed by atoms with Crippen LogP contribution >= 0.6 is 23.4 Å². The molecule has 0 aromatic carbocycles. The molecule has 0 radical (unpaired) electrons. The molecule has 1 unspecified atom stereocenters. The van der Waals surface area contributed by atoms with Gasteiger partial charge < -0.3 is 10.0 Å². The summed E-state index contributed by atoms with van der Waals surface area (Å²) >= 11 is 7.56. The van der Waals surface area contributed by atoms with Gasteiger partial charge in [-0.15, -0.1) is 0 Å². The highest BCUT2D eigenvalue weighted by Crippen LogP contribution is 2.21. The van der Waals surface area contributed by atoms with E-state index in [-0.39, 0.29) is 10.7 Å². The lowest BCUT2D eigenvalue weighted by Crippen LogP contribution is -2.34. The zero-order chi connectivity index (χ0) is 13.7.